The van der Waals surface area contributed by atoms with Gasteiger partial charge in [0.2, 0.25) is 0 Å². The van der Waals surface area contributed by atoms with Gasteiger partial charge in [0.25, 0.3) is 0 Å². The number of ether oxygens (including phenoxy) is 3. The molecule has 0 aliphatic carbocycles. The van der Waals surface area contributed by atoms with Crippen LogP contribution in [0.25, 0.3) is 0 Å². The summed E-state index contributed by atoms with van der Waals surface area (Å²) in [4.78, 5) is 0. The molecule has 148 valence electrons. The van der Waals surface area contributed by atoms with Crippen LogP contribution in [0.3, 0.4) is 0 Å². The van der Waals surface area contributed by atoms with Gasteiger partial charge in [-0.1, -0.05) is 53.7 Å². The molecule has 1 heterocycles. The van der Waals surface area contributed by atoms with Crippen molar-refractivity contribution in [1.29, 1.82) is 0 Å². The van der Waals surface area contributed by atoms with Gasteiger partial charge in [-0.15, -0.1) is 0 Å². The van der Waals surface area contributed by atoms with Gasteiger partial charge in [-0.25, -0.2) is 0 Å². The molecular weight excluding hydrogens is 324 g/mol. The Balaban J connectivity index is 2.03. The average Bonchev–Trinajstić information content (AvgIpc) is 3.15. The zero-order chi connectivity index (χ0) is 19.2. The summed E-state index contributed by atoms with van der Waals surface area (Å²) in [5.74, 6) is 1.95. The van der Waals surface area contributed by atoms with Crippen LogP contribution in [-0.4, -0.2) is 25.6 Å². The summed E-state index contributed by atoms with van der Waals surface area (Å²) in [5.41, 5.74) is 1.40. The maximum Gasteiger partial charge on any atom is 0.200 e. The third-order valence-corrected chi connectivity index (χ3v) is 5.44. The molecule has 1 aromatic rings. The molecule has 0 aromatic heterocycles. The standard InChI is InChI=1S/C23H38O3/c1-7-18(4)19-10-12-20(13-11-19)26-22(25-16-17(2)3)15-23(5,6)21-9-8-14-24-21/h10-13,17-18,21-22H,7-9,14-16H2,1-6H3. The Morgan fingerprint density at radius 3 is 2.38 bits per heavy atom. The van der Waals surface area contributed by atoms with E-state index in [9.17, 15) is 0 Å². The van der Waals surface area contributed by atoms with Crippen molar-refractivity contribution in [3.63, 3.8) is 0 Å². The lowest BCUT2D eigenvalue weighted by Crippen LogP contribution is -2.36. The lowest BCUT2D eigenvalue weighted by Gasteiger charge is -2.34. The highest BCUT2D eigenvalue weighted by atomic mass is 16.7. The Labute approximate surface area is 160 Å². The van der Waals surface area contributed by atoms with Crippen molar-refractivity contribution >= 4 is 0 Å². The molecule has 3 heteroatoms. The minimum absolute atomic E-state index is 0.0365. The van der Waals surface area contributed by atoms with Crippen LogP contribution in [0.15, 0.2) is 24.3 Å². The van der Waals surface area contributed by atoms with Gasteiger partial charge in [0.05, 0.1) is 12.7 Å². The van der Waals surface area contributed by atoms with Crippen molar-refractivity contribution in [3.05, 3.63) is 29.8 Å². The zero-order valence-electron chi connectivity index (χ0n) is 17.6. The van der Waals surface area contributed by atoms with Gasteiger partial charge in [0.1, 0.15) is 5.75 Å². The van der Waals surface area contributed by atoms with E-state index < -0.39 is 0 Å². The highest BCUT2D eigenvalue weighted by molar-refractivity contribution is 5.29. The van der Waals surface area contributed by atoms with E-state index in [-0.39, 0.29) is 11.7 Å². The Bertz CT molecular complexity index is 515. The predicted molar refractivity (Wildman–Crippen MR) is 108 cm³/mol. The second kappa shape index (κ2) is 9.75. The molecule has 1 aliphatic rings. The second-order valence-electron chi connectivity index (χ2n) is 8.85. The van der Waals surface area contributed by atoms with Crippen LogP contribution in [0.1, 0.15) is 78.7 Å². The van der Waals surface area contributed by atoms with Crippen molar-refractivity contribution in [3.8, 4) is 5.75 Å². The van der Waals surface area contributed by atoms with Crippen molar-refractivity contribution in [1.82, 2.24) is 0 Å². The van der Waals surface area contributed by atoms with E-state index >= 15 is 0 Å². The molecule has 2 rings (SSSR count). The van der Waals surface area contributed by atoms with Crippen molar-refractivity contribution in [2.75, 3.05) is 13.2 Å². The van der Waals surface area contributed by atoms with E-state index in [1.165, 1.54) is 5.56 Å². The highest BCUT2D eigenvalue weighted by Gasteiger charge is 2.36. The van der Waals surface area contributed by atoms with Crippen LogP contribution in [0, 0.1) is 11.3 Å². The Morgan fingerprint density at radius 2 is 1.85 bits per heavy atom. The summed E-state index contributed by atoms with van der Waals surface area (Å²) in [6.07, 6.45) is 4.32. The lowest BCUT2D eigenvalue weighted by atomic mass is 9.81. The van der Waals surface area contributed by atoms with E-state index in [0.29, 0.717) is 24.5 Å². The summed E-state index contributed by atoms with van der Waals surface area (Å²) in [7, 11) is 0. The molecule has 0 bridgehead atoms. The fraction of sp³-hybridized carbons (Fsp3) is 0.739. The van der Waals surface area contributed by atoms with E-state index in [2.05, 4.69) is 65.8 Å². The summed E-state index contributed by atoms with van der Waals surface area (Å²) >= 11 is 0. The molecule has 0 saturated carbocycles. The van der Waals surface area contributed by atoms with Crippen LogP contribution in [-0.2, 0) is 9.47 Å². The lowest BCUT2D eigenvalue weighted by molar-refractivity contribution is -0.124. The van der Waals surface area contributed by atoms with Gasteiger partial charge in [-0.3, -0.25) is 0 Å². The fourth-order valence-electron chi connectivity index (χ4n) is 3.45. The van der Waals surface area contributed by atoms with E-state index in [1.807, 2.05) is 0 Å². The van der Waals surface area contributed by atoms with Crippen molar-refractivity contribution in [2.45, 2.75) is 85.5 Å². The van der Waals surface area contributed by atoms with Crippen LogP contribution in [0.2, 0.25) is 0 Å². The largest absolute Gasteiger partial charge is 0.465 e. The summed E-state index contributed by atoms with van der Waals surface area (Å²) < 4.78 is 18.3. The first-order chi connectivity index (χ1) is 12.3. The zero-order valence-corrected chi connectivity index (χ0v) is 17.6. The van der Waals surface area contributed by atoms with Gasteiger partial charge in [-0.05, 0) is 54.2 Å². The first kappa shape index (κ1) is 21.2. The molecule has 1 fully saturated rings. The molecular formula is C23H38O3. The molecule has 1 aromatic carbocycles. The molecule has 1 aliphatic heterocycles. The summed E-state index contributed by atoms with van der Waals surface area (Å²) in [6.45, 7) is 14.9. The first-order valence-electron chi connectivity index (χ1n) is 10.3. The number of rotatable bonds is 10. The normalized spacial score (nSPS) is 20.3. The minimum Gasteiger partial charge on any atom is -0.465 e. The number of hydrogen-bond acceptors (Lipinski definition) is 3. The summed E-state index contributed by atoms with van der Waals surface area (Å²) in [5, 5.41) is 0. The Hall–Kier alpha value is -1.06. The molecule has 0 radical (unpaired) electrons. The quantitative estimate of drug-likeness (QED) is 0.466. The third kappa shape index (κ3) is 6.28. The van der Waals surface area contributed by atoms with Gasteiger partial charge >= 0.3 is 0 Å². The molecule has 3 unspecified atom stereocenters. The SMILES string of the molecule is CCC(C)c1ccc(OC(CC(C)(C)C2CCCO2)OCC(C)C)cc1. The van der Waals surface area contributed by atoms with Crippen LogP contribution in [0.5, 0.6) is 5.75 Å². The summed E-state index contributed by atoms with van der Waals surface area (Å²) in [6, 6.07) is 8.50. The minimum atomic E-state index is -0.244. The topological polar surface area (TPSA) is 27.7 Å². The molecule has 3 atom stereocenters. The molecule has 1 saturated heterocycles. The van der Waals surface area contributed by atoms with Crippen LogP contribution in [0.4, 0.5) is 0 Å². The third-order valence-electron chi connectivity index (χ3n) is 5.44. The van der Waals surface area contributed by atoms with Crippen molar-refractivity contribution in [2.24, 2.45) is 11.3 Å². The molecule has 0 N–H and O–H groups in total. The smallest absolute Gasteiger partial charge is 0.200 e. The van der Waals surface area contributed by atoms with Gasteiger partial charge in [-0.2, -0.15) is 0 Å². The Kier molecular flexibility index (Phi) is 7.97. The Morgan fingerprint density at radius 1 is 1.15 bits per heavy atom. The van der Waals surface area contributed by atoms with Gasteiger partial charge < -0.3 is 14.2 Å². The maximum atomic E-state index is 6.25. The van der Waals surface area contributed by atoms with E-state index in [4.69, 9.17) is 14.2 Å². The predicted octanol–water partition coefficient (Wildman–Crippen LogP) is 6.17. The van der Waals surface area contributed by atoms with Crippen LogP contribution < -0.4 is 4.74 Å². The van der Waals surface area contributed by atoms with Crippen molar-refractivity contribution < 1.29 is 14.2 Å². The van der Waals surface area contributed by atoms with Gasteiger partial charge in [0.15, 0.2) is 6.29 Å². The average molecular weight is 363 g/mol. The van der Waals surface area contributed by atoms with E-state index in [1.54, 1.807) is 0 Å². The molecule has 3 nitrogen and oxygen atoms in total. The monoisotopic (exact) mass is 362 g/mol. The van der Waals surface area contributed by atoms with Crippen LogP contribution >= 0.6 is 0 Å². The maximum absolute atomic E-state index is 6.25. The number of hydrogen-bond donors (Lipinski definition) is 0. The fourth-order valence-corrected chi connectivity index (χ4v) is 3.45. The molecule has 0 spiro atoms. The molecule has 26 heavy (non-hydrogen) atoms. The van der Waals surface area contributed by atoms with E-state index in [0.717, 1.165) is 38.0 Å². The second-order valence-corrected chi connectivity index (χ2v) is 8.85. The molecule has 0 amide bonds. The highest BCUT2D eigenvalue weighted by Crippen LogP contribution is 2.36. The first-order valence-corrected chi connectivity index (χ1v) is 10.3. The van der Waals surface area contributed by atoms with Gasteiger partial charge in [0, 0.05) is 13.0 Å². The number of benzene rings is 1.